The van der Waals surface area contributed by atoms with E-state index in [4.69, 9.17) is 0 Å². The van der Waals surface area contributed by atoms with E-state index in [9.17, 15) is 14.7 Å². The van der Waals surface area contributed by atoms with Crippen LogP contribution in [0.15, 0.2) is 6.33 Å². The number of hydrogen-bond acceptors (Lipinski definition) is 4. The number of carbonyl (C=O) groups is 2. The molecule has 112 valence electrons. The quantitative estimate of drug-likeness (QED) is 0.800. The summed E-state index contributed by atoms with van der Waals surface area (Å²) in [6, 6.07) is -0.439. The van der Waals surface area contributed by atoms with Crippen LogP contribution in [0.5, 0.6) is 0 Å². The number of amides is 2. The van der Waals surface area contributed by atoms with E-state index in [-0.39, 0.29) is 6.54 Å². The summed E-state index contributed by atoms with van der Waals surface area (Å²) in [4.78, 5) is 24.6. The van der Waals surface area contributed by atoms with Crippen LogP contribution in [0.3, 0.4) is 0 Å². The van der Waals surface area contributed by atoms with E-state index in [0.29, 0.717) is 18.9 Å². The smallest absolute Gasteiger partial charge is 0.329 e. The molecule has 8 nitrogen and oxygen atoms in total. The molecule has 8 heteroatoms. The minimum absolute atomic E-state index is 0.207. The number of aryl methyl sites for hydroxylation is 1. The van der Waals surface area contributed by atoms with Crippen LogP contribution in [-0.2, 0) is 17.9 Å². The summed E-state index contributed by atoms with van der Waals surface area (Å²) in [7, 11) is 0. The lowest BCUT2D eigenvalue weighted by Gasteiger charge is -2.34. The van der Waals surface area contributed by atoms with Crippen molar-refractivity contribution in [2.75, 3.05) is 6.54 Å². The van der Waals surface area contributed by atoms with Gasteiger partial charge in [-0.25, -0.2) is 9.59 Å². The van der Waals surface area contributed by atoms with Gasteiger partial charge in [0, 0.05) is 13.1 Å². The number of likely N-dealkylation sites (N-methyl/N-ethyl adjacent to an activating group) is 1. The van der Waals surface area contributed by atoms with Gasteiger partial charge in [0.15, 0.2) is 5.82 Å². The van der Waals surface area contributed by atoms with E-state index in [0.717, 1.165) is 0 Å². The SMILES string of the molecule is CCN(C(=O)NCc1nncn1CC)C(C)(C)C(=O)O. The zero-order valence-electron chi connectivity index (χ0n) is 12.3. The van der Waals surface area contributed by atoms with Gasteiger partial charge < -0.3 is 19.9 Å². The highest BCUT2D eigenvalue weighted by atomic mass is 16.4. The van der Waals surface area contributed by atoms with Crippen molar-refractivity contribution in [2.24, 2.45) is 0 Å². The molecule has 0 aliphatic heterocycles. The Balaban J connectivity index is 2.72. The number of urea groups is 1. The Hall–Kier alpha value is -2.12. The van der Waals surface area contributed by atoms with Crippen molar-refractivity contribution in [2.45, 2.75) is 46.3 Å². The standard InChI is InChI=1S/C12H21N5O3/c1-5-16-8-14-15-9(16)7-13-11(20)17(6-2)12(3,4)10(18)19/h8H,5-7H2,1-4H3,(H,13,20)(H,18,19). The maximum absolute atomic E-state index is 12.1. The second-order valence-corrected chi connectivity index (χ2v) is 4.80. The molecule has 0 aromatic carbocycles. The van der Waals surface area contributed by atoms with Gasteiger partial charge in [-0.3, -0.25) is 0 Å². The van der Waals surface area contributed by atoms with Gasteiger partial charge >= 0.3 is 12.0 Å². The summed E-state index contributed by atoms with van der Waals surface area (Å²) in [6.45, 7) is 7.88. The molecule has 1 rings (SSSR count). The second-order valence-electron chi connectivity index (χ2n) is 4.80. The molecule has 0 bridgehead atoms. The fourth-order valence-electron chi connectivity index (χ4n) is 1.84. The van der Waals surface area contributed by atoms with Crippen LogP contribution >= 0.6 is 0 Å². The Morgan fingerprint density at radius 3 is 2.60 bits per heavy atom. The number of carboxylic acid groups (broad SMARTS) is 1. The lowest BCUT2D eigenvalue weighted by atomic mass is 10.0. The summed E-state index contributed by atoms with van der Waals surface area (Å²) in [5.41, 5.74) is -1.27. The topological polar surface area (TPSA) is 100 Å². The average Bonchev–Trinajstić information content (AvgIpc) is 2.83. The fourth-order valence-corrected chi connectivity index (χ4v) is 1.84. The van der Waals surface area contributed by atoms with Crippen molar-refractivity contribution in [3.05, 3.63) is 12.2 Å². The molecule has 0 aliphatic rings. The number of rotatable bonds is 6. The van der Waals surface area contributed by atoms with Crippen LogP contribution in [-0.4, -0.2) is 48.9 Å². The van der Waals surface area contributed by atoms with Gasteiger partial charge in [0.05, 0.1) is 6.54 Å². The van der Waals surface area contributed by atoms with Gasteiger partial charge in [0.25, 0.3) is 0 Å². The van der Waals surface area contributed by atoms with Crippen molar-refractivity contribution in [1.82, 2.24) is 25.0 Å². The molecular formula is C12H21N5O3. The maximum Gasteiger partial charge on any atom is 0.329 e. The van der Waals surface area contributed by atoms with Crippen LogP contribution in [0.2, 0.25) is 0 Å². The average molecular weight is 283 g/mol. The van der Waals surface area contributed by atoms with Gasteiger partial charge in [-0.05, 0) is 27.7 Å². The third-order valence-electron chi connectivity index (χ3n) is 3.19. The lowest BCUT2D eigenvalue weighted by molar-refractivity contribution is -0.147. The highest BCUT2D eigenvalue weighted by molar-refractivity contribution is 5.85. The Morgan fingerprint density at radius 2 is 2.10 bits per heavy atom. The molecule has 0 spiro atoms. The number of hydrogen-bond donors (Lipinski definition) is 2. The highest BCUT2D eigenvalue weighted by Gasteiger charge is 2.36. The van der Waals surface area contributed by atoms with Crippen molar-refractivity contribution in [3.63, 3.8) is 0 Å². The molecule has 1 aromatic heterocycles. The molecule has 0 unspecified atom stereocenters. The predicted octanol–water partition coefficient (Wildman–Crippen LogP) is 0.693. The molecule has 2 amide bonds. The minimum Gasteiger partial charge on any atom is -0.480 e. The van der Waals surface area contributed by atoms with Gasteiger partial charge in [-0.1, -0.05) is 0 Å². The molecular weight excluding hydrogens is 262 g/mol. The Kier molecular flexibility index (Phi) is 5.06. The molecule has 0 aliphatic carbocycles. The number of nitrogens with one attached hydrogen (secondary N) is 1. The number of carbonyl (C=O) groups excluding carboxylic acids is 1. The van der Waals surface area contributed by atoms with Gasteiger partial charge in [0.1, 0.15) is 11.9 Å². The Bertz CT molecular complexity index is 483. The van der Waals surface area contributed by atoms with Crippen LogP contribution in [0.4, 0.5) is 4.79 Å². The summed E-state index contributed by atoms with van der Waals surface area (Å²) < 4.78 is 1.80. The molecule has 0 saturated heterocycles. The molecule has 20 heavy (non-hydrogen) atoms. The van der Waals surface area contributed by atoms with Crippen molar-refractivity contribution in [1.29, 1.82) is 0 Å². The summed E-state index contributed by atoms with van der Waals surface area (Å²) in [5, 5.41) is 19.5. The summed E-state index contributed by atoms with van der Waals surface area (Å²) in [5.74, 6) is -0.420. The van der Waals surface area contributed by atoms with Crippen LogP contribution in [0, 0.1) is 0 Å². The molecule has 1 aromatic rings. The summed E-state index contributed by atoms with van der Waals surface area (Å²) >= 11 is 0. The first-order chi connectivity index (χ1) is 9.34. The monoisotopic (exact) mass is 283 g/mol. The predicted molar refractivity (Wildman–Crippen MR) is 72.0 cm³/mol. The Labute approximate surface area is 117 Å². The van der Waals surface area contributed by atoms with Gasteiger partial charge in [0.2, 0.25) is 0 Å². The molecule has 0 radical (unpaired) electrons. The van der Waals surface area contributed by atoms with E-state index < -0.39 is 17.5 Å². The third kappa shape index (κ3) is 3.25. The van der Waals surface area contributed by atoms with E-state index in [1.54, 1.807) is 17.8 Å². The highest BCUT2D eigenvalue weighted by Crippen LogP contribution is 2.14. The minimum atomic E-state index is -1.27. The van der Waals surface area contributed by atoms with E-state index >= 15 is 0 Å². The first kappa shape index (κ1) is 15.9. The lowest BCUT2D eigenvalue weighted by Crippen LogP contribution is -2.56. The van der Waals surface area contributed by atoms with Crippen LogP contribution < -0.4 is 5.32 Å². The van der Waals surface area contributed by atoms with Crippen LogP contribution in [0.1, 0.15) is 33.5 Å². The number of aromatic nitrogens is 3. The van der Waals surface area contributed by atoms with Gasteiger partial charge in [-0.15, -0.1) is 10.2 Å². The fraction of sp³-hybridized carbons (Fsp3) is 0.667. The Morgan fingerprint density at radius 1 is 1.45 bits per heavy atom. The molecule has 0 atom stereocenters. The van der Waals surface area contributed by atoms with Gasteiger partial charge in [-0.2, -0.15) is 0 Å². The second kappa shape index (κ2) is 6.36. The zero-order chi connectivity index (χ0) is 15.3. The first-order valence-electron chi connectivity index (χ1n) is 6.50. The molecule has 0 fully saturated rings. The summed E-state index contributed by atoms with van der Waals surface area (Å²) in [6.07, 6.45) is 1.58. The number of carboxylic acids is 1. The molecule has 0 saturated carbocycles. The first-order valence-corrected chi connectivity index (χ1v) is 6.50. The third-order valence-corrected chi connectivity index (χ3v) is 3.19. The van der Waals surface area contributed by atoms with Crippen molar-refractivity contribution < 1.29 is 14.7 Å². The molecule has 2 N–H and O–H groups in total. The number of nitrogens with zero attached hydrogens (tertiary/aromatic N) is 4. The zero-order valence-corrected chi connectivity index (χ0v) is 12.3. The van der Waals surface area contributed by atoms with E-state index in [1.165, 1.54) is 18.7 Å². The van der Waals surface area contributed by atoms with Crippen molar-refractivity contribution >= 4 is 12.0 Å². The normalized spacial score (nSPS) is 11.2. The van der Waals surface area contributed by atoms with E-state index in [2.05, 4.69) is 15.5 Å². The van der Waals surface area contributed by atoms with Crippen LogP contribution in [0.25, 0.3) is 0 Å². The van der Waals surface area contributed by atoms with E-state index in [1.807, 2.05) is 6.92 Å². The van der Waals surface area contributed by atoms with Crippen molar-refractivity contribution in [3.8, 4) is 0 Å². The number of aliphatic carboxylic acids is 1. The maximum atomic E-state index is 12.1. The molecule has 1 heterocycles. The largest absolute Gasteiger partial charge is 0.480 e.